The Morgan fingerprint density at radius 3 is 2.74 bits per heavy atom. The number of nitrogens with zero attached hydrogens (tertiary/aromatic N) is 2. The highest BCUT2D eigenvalue weighted by Gasteiger charge is 2.13. The standard InChI is InChI=1S/C14H19N3S2/c1-9-5-6-10(2)12(7-9)13(15-4)8-18-14-16-11(3)17-19-14/h5-7,13,15H,8H2,1-4H3. The SMILES string of the molecule is CNC(CSc1nc(C)ns1)c1cc(C)ccc1C. The summed E-state index contributed by atoms with van der Waals surface area (Å²) in [6.45, 7) is 6.23. The van der Waals surface area contributed by atoms with Crippen LogP contribution >= 0.6 is 23.3 Å². The Hall–Kier alpha value is -0.910. The van der Waals surface area contributed by atoms with E-state index in [-0.39, 0.29) is 0 Å². The predicted molar refractivity (Wildman–Crippen MR) is 83.1 cm³/mol. The van der Waals surface area contributed by atoms with Crippen LogP contribution in [0.5, 0.6) is 0 Å². The molecule has 1 unspecified atom stereocenters. The lowest BCUT2D eigenvalue weighted by Crippen LogP contribution is -2.19. The van der Waals surface area contributed by atoms with Crippen molar-refractivity contribution in [1.29, 1.82) is 0 Å². The van der Waals surface area contributed by atoms with Crippen molar-refractivity contribution in [3.8, 4) is 0 Å². The Bertz CT molecular complexity index is 551. The Labute approximate surface area is 123 Å². The number of aryl methyl sites for hydroxylation is 3. The van der Waals surface area contributed by atoms with Gasteiger partial charge in [0.2, 0.25) is 0 Å². The van der Waals surface area contributed by atoms with Crippen LogP contribution in [0.2, 0.25) is 0 Å². The molecule has 1 atom stereocenters. The molecule has 102 valence electrons. The lowest BCUT2D eigenvalue weighted by atomic mass is 10.0. The summed E-state index contributed by atoms with van der Waals surface area (Å²) in [5.41, 5.74) is 4.01. The molecule has 1 aromatic carbocycles. The van der Waals surface area contributed by atoms with Crippen molar-refractivity contribution in [2.45, 2.75) is 31.2 Å². The van der Waals surface area contributed by atoms with Crippen molar-refractivity contribution in [2.24, 2.45) is 0 Å². The summed E-state index contributed by atoms with van der Waals surface area (Å²) in [5.74, 6) is 1.83. The third-order valence-corrected chi connectivity index (χ3v) is 5.06. The van der Waals surface area contributed by atoms with E-state index in [4.69, 9.17) is 0 Å². The van der Waals surface area contributed by atoms with Crippen LogP contribution in [-0.4, -0.2) is 22.2 Å². The summed E-state index contributed by atoms with van der Waals surface area (Å²) < 4.78 is 5.26. The zero-order chi connectivity index (χ0) is 13.8. The van der Waals surface area contributed by atoms with Crippen molar-refractivity contribution in [3.05, 3.63) is 40.7 Å². The molecule has 2 rings (SSSR count). The van der Waals surface area contributed by atoms with Crippen LogP contribution < -0.4 is 5.32 Å². The topological polar surface area (TPSA) is 37.8 Å². The molecule has 1 N–H and O–H groups in total. The van der Waals surface area contributed by atoms with E-state index in [0.29, 0.717) is 6.04 Å². The minimum Gasteiger partial charge on any atom is -0.312 e. The highest BCUT2D eigenvalue weighted by Crippen LogP contribution is 2.27. The van der Waals surface area contributed by atoms with Crippen molar-refractivity contribution >= 4 is 23.3 Å². The molecule has 0 saturated carbocycles. The summed E-state index contributed by atoms with van der Waals surface area (Å²) in [6, 6.07) is 6.96. The second-order valence-electron chi connectivity index (χ2n) is 4.62. The Balaban J connectivity index is 2.09. The molecule has 2 aromatic rings. The van der Waals surface area contributed by atoms with E-state index in [1.54, 1.807) is 11.8 Å². The number of aromatic nitrogens is 2. The fourth-order valence-corrected chi connectivity index (χ4v) is 3.76. The van der Waals surface area contributed by atoms with Gasteiger partial charge in [-0.05, 0) is 50.5 Å². The van der Waals surface area contributed by atoms with Gasteiger partial charge in [0.25, 0.3) is 0 Å². The fourth-order valence-electron chi connectivity index (χ4n) is 1.96. The van der Waals surface area contributed by atoms with Gasteiger partial charge in [0.05, 0.1) is 0 Å². The van der Waals surface area contributed by atoms with Gasteiger partial charge in [0, 0.05) is 11.8 Å². The zero-order valence-electron chi connectivity index (χ0n) is 11.7. The van der Waals surface area contributed by atoms with Gasteiger partial charge < -0.3 is 5.32 Å². The van der Waals surface area contributed by atoms with Crippen molar-refractivity contribution in [2.75, 3.05) is 12.8 Å². The molecular formula is C14H19N3S2. The lowest BCUT2D eigenvalue weighted by molar-refractivity contribution is 0.657. The molecule has 0 bridgehead atoms. The average Bonchev–Trinajstić information content (AvgIpc) is 2.80. The molecule has 0 amide bonds. The number of hydrogen-bond acceptors (Lipinski definition) is 5. The largest absolute Gasteiger partial charge is 0.312 e. The van der Waals surface area contributed by atoms with Crippen LogP contribution in [0.15, 0.2) is 22.5 Å². The number of hydrogen-bond donors (Lipinski definition) is 1. The van der Waals surface area contributed by atoms with E-state index in [1.165, 1.54) is 28.2 Å². The van der Waals surface area contributed by atoms with Gasteiger partial charge in [0.15, 0.2) is 4.34 Å². The van der Waals surface area contributed by atoms with Crippen molar-refractivity contribution < 1.29 is 0 Å². The summed E-state index contributed by atoms with van der Waals surface area (Å²) in [7, 11) is 2.01. The second kappa shape index (κ2) is 6.50. The van der Waals surface area contributed by atoms with Gasteiger partial charge in [-0.3, -0.25) is 0 Å². The van der Waals surface area contributed by atoms with E-state index in [2.05, 4.69) is 46.7 Å². The summed E-state index contributed by atoms with van der Waals surface area (Å²) in [4.78, 5) is 4.39. The lowest BCUT2D eigenvalue weighted by Gasteiger charge is -2.18. The van der Waals surface area contributed by atoms with E-state index < -0.39 is 0 Å². The Kier molecular flexibility index (Phi) is 4.96. The molecule has 0 spiro atoms. The van der Waals surface area contributed by atoms with E-state index in [1.807, 2.05) is 14.0 Å². The van der Waals surface area contributed by atoms with Gasteiger partial charge in [-0.25, -0.2) is 4.98 Å². The molecule has 1 aromatic heterocycles. The maximum Gasteiger partial charge on any atom is 0.170 e. The first-order chi connectivity index (χ1) is 9.10. The van der Waals surface area contributed by atoms with Crippen molar-refractivity contribution in [3.63, 3.8) is 0 Å². The maximum atomic E-state index is 4.39. The molecule has 0 aliphatic carbocycles. The molecule has 3 nitrogen and oxygen atoms in total. The van der Waals surface area contributed by atoms with Gasteiger partial charge in [-0.2, -0.15) is 4.37 Å². The summed E-state index contributed by atoms with van der Waals surface area (Å²) in [5, 5.41) is 3.40. The van der Waals surface area contributed by atoms with Crippen LogP contribution in [0, 0.1) is 20.8 Å². The summed E-state index contributed by atoms with van der Waals surface area (Å²) in [6.07, 6.45) is 0. The first kappa shape index (κ1) is 14.5. The second-order valence-corrected chi connectivity index (χ2v) is 6.64. The van der Waals surface area contributed by atoms with Crippen LogP contribution in [-0.2, 0) is 0 Å². The zero-order valence-corrected chi connectivity index (χ0v) is 13.4. The average molecular weight is 293 g/mol. The molecule has 5 heteroatoms. The quantitative estimate of drug-likeness (QED) is 0.856. The van der Waals surface area contributed by atoms with Crippen LogP contribution in [0.3, 0.4) is 0 Å². The number of thioether (sulfide) groups is 1. The van der Waals surface area contributed by atoms with E-state index >= 15 is 0 Å². The van der Waals surface area contributed by atoms with E-state index in [0.717, 1.165) is 15.9 Å². The highest BCUT2D eigenvalue weighted by molar-refractivity contribution is 8.00. The van der Waals surface area contributed by atoms with Crippen LogP contribution in [0.4, 0.5) is 0 Å². The number of benzene rings is 1. The first-order valence-corrected chi connectivity index (χ1v) is 8.03. The normalized spacial score (nSPS) is 12.6. The minimum absolute atomic E-state index is 0.342. The molecule has 1 heterocycles. The molecule has 0 saturated heterocycles. The summed E-state index contributed by atoms with van der Waals surface area (Å²) >= 11 is 3.24. The smallest absolute Gasteiger partial charge is 0.170 e. The van der Waals surface area contributed by atoms with Crippen molar-refractivity contribution in [1.82, 2.24) is 14.7 Å². The minimum atomic E-state index is 0.342. The molecule has 0 aliphatic rings. The fraction of sp³-hybridized carbons (Fsp3) is 0.429. The predicted octanol–water partition coefficient (Wildman–Crippen LogP) is 3.52. The molecule has 19 heavy (non-hydrogen) atoms. The Morgan fingerprint density at radius 1 is 1.32 bits per heavy atom. The van der Waals surface area contributed by atoms with Crippen LogP contribution in [0.1, 0.15) is 28.6 Å². The van der Waals surface area contributed by atoms with E-state index in [9.17, 15) is 0 Å². The molecule has 0 fully saturated rings. The maximum absolute atomic E-state index is 4.39. The van der Waals surface area contributed by atoms with Gasteiger partial charge in [-0.15, -0.1) is 0 Å². The van der Waals surface area contributed by atoms with Gasteiger partial charge in [-0.1, -0.05) is 35.5 Å². The first-order valence-electron chi connectivity index (χ1n) is 6.27. The molecule has 0 radical (unpaired) electrons. The van der Waals surface area contributed by atoms with Crippen LogP contribution in [0.25, 0.3) is 0 Å². The van der Waals surface area contributed by atoms with Gasteiger partial charge in [0.1, 0.15) is 5.82 Å². The highest BCUT2D eigenvalue weighted by atomic mass is 32.2. The van der Waals surface area contributed by atoms with Gasteiger partial charge >= 0.3 is 0 Å². The number of rotatable bonds is 5. The Morgan fingerprint density at radius 2 is 2.11 bits per heavy atom. The third kappa shape index (κ3) is 3.78. The monoisotopic (exact) mass is 293 g/mol. The third-order valence-electron chi connectivity index (χ3n) is 3.04. The molecule has 0 aliphatic heterocycles. The number of nitrogens with one attached hydrogen (secondary N) is 1. The molecular weight excluding hydrogens is 274 g/mol.